The highest BCUT2D eigenvalue weighted by atomic mass is 16.5. The number of allylic oxidation sites excluding steroid dienone is 2. The van der Waals surface area contributed by atoms with Crippen LogP contribution >= 0.6 is 0 Å². The molecule has 0 aromatic heterocycles. The van der Waals surface area contributed by atoms with Gasteiger partial charge in [-0.3, -0.25) is 0 Å². The molecular weight excluding hydrogens is 364 g/mol. The first-order valence-corrected chi connectivity index (χ1v) is 9.83. The molecule has 2 aromatic carbocycles. The minimum atomic E-state index is -0.473. The number of esters is 2. The van der Waals surface area contributed by atoms with Crippen molar-refractivity contribution in [2.24, 2.45) is 11.8 Å². The van der Waals surface area contributed by atoms with E-state index in [9.17, 15) is 9.59 Å². The Morgan fingerprint density at radius 2 is 1.00 bits per heavy atom. The molecule has 2 atom stereocenters. The van der Waals surface area contributed by atoms with Crippen LogP contribution in [0.4, 0.5) is 0 Å². The number of rotatable bonds is 4. The van der Waals surface area contributed by atoms with Gasteiger partial charge in [-0.25, -0.2) is 9.59 Å². The zero-order chi connectivity index (χ0) is 20.7. The molecule has 0 radical (unpaired) electrons. The third-order valence-corrected chi connectivity index (χ3v) is 5.37. The highest BCUT2D eigenvalue weighted by Gasteiger charge is 2.43. The summed E-state index contributed by atoms with van der Waals surface area (Å²) in [6.07, 6.45) is 4.68. The molecule has 0 saturated carbocycles. The molecule has 2 aliphatic rings. The van der Waals surface area contributed by atoms with Crippen molar-refractivity contribution >= 4 is 11.9 Å². The number of hydrogen-bond donors (Lipinski definition) is 0. The van der Waals surface area contributed by atoms with Gasteiger partial charge in [0.15, 0.2) is 0 Å². The van der Waals surface area contributed by atoms with Gasteiger partial charge in [0.05, 0.1) is 11.1 Å². The summed E-state index contributed by atoms with van der Waals surface area (Å²) in [5, 5.41) is 0. The molecule has 0 spiro atoms. The number of benzene rings is 2. The minimum absolute atomic E-state index is 0.0970. The number of hydrogen-bond acceptors (Lipinski definition) is 4. The maximum Gasteiger partial charge on any atom is 0.340 e. The number of fused-ring (bicyclic) bond motifs is 2. The quantitative estimate of drug-likeness (QED) is 0.423. The van der Waals surface area contributed by atoms with Crippen molar-refractivity contribution in [1.82, 2.24) is 0 Å². The van der Waals surface area contributed by atoms with Gasteiger partial charge in [-0.2, -0.15) is 0 Å². The van der Waals surface area contributed by atoms with Gasteiger partial charge in [0.1, 0.15) is 11.5 Å². The Morgan fingerprint density at radius 3 is 1.34 bits per heavy atom. The van der Waals surface area contributed by atoms with Crippen molar-refractivity contribution in [3.05, 3.63) is 82.0 Å². The van der Waals surface area contributed by atoms with Crippen LogP contribution in [0.25, 0.3) is 0 Å². The Hall–Kier alpha value is -3.14. The highest BCUT2D eigenvalue weighted by molar-refractivity contribution is 6.04. The fourth-order valence-electron chi connectivity index (χ4n) is 4.36. The van der Waals surface area contributed by atoms with Gasteiger partial charge in [0.2, 0.25) is 0 Å². The fraction of sp³-hybridized carbons (Fsp3) is 0.280. The van der Waals surface area contributed by atoms with E-state index in [1.165, 1.54) is 0 Å². The topological polar surface area (TPSA) is 52.6 Å². The summed E-state index contributed by atoms with van der Waals surface area (Å²) in [7, 11) is 0. The van der Waals surface area contributed by atoms with E-state index in [2.05, 4.69) is 0 Å². The van der Waals surface area contributed by atoms with Crippen molar-refractivity contribution in [3.8, 4) is 11.5 Å². The van der Waals surface area contributed by atoms with Gasteiger partial charge in [-0.05, 0) is 80.6 Å². The van der Waals surface area contributed by atoms with Crippen LogP contribution in [0, 0.1) is 39.5 Å². The number of carbonyl (C=O) groups excluding carboxylic acids is 2. The first-order valence-electron chi connectivity index (χ1n) is 9.83. The summed E-state index contributed by atoms with van der Waals surface area (Å²) in [6, 6.07) is 11.3. The van der Waals surface area contributed by atoms with Gasteiger partial charge < -0.3 is 9.47 Å². The lowest BCUT2D eigenvalue weighted by atomic mass is 9.97. The molecule has 4 rings (SSSR count). The fourth-order valence-corrected chi connectivity index (χ4v) is 4.36. The molecule has 2 unspecified atom stereocenters. The summed E-state index contributed by atoms with van der Waals surface area (Å²) < 4.78 is 11.3. The zero-order valence-electron chi connectivity index (χ0n) is 17.1. The lowest BCUT2D eigenvalue weighted by Crippen LogP contribution is -2.22. The van der Waals surface area contributed by atoms with Crippen molar-refractivity contribution in [3.63, 3.8) is 0 Å². The molecule has 148 valence electrons. The van der Waals surface area contributed by atoms with Crippen molar-refractivity contribution < 1.29 is 19.1 Å². The lowest BCUT2D eigenvalue weighted by molar-refractivity contribution is -0.133. The standard InChI is InChI=1S/C25H24O4/c1-14-7-15(2)10-20(9-14)28-24(26)22-18-5-6-19(13-18)23(22)25(27)29-21-11-16(3)8-17(4)12-21/h5-12,18-19H,13H2,1-4H3. The third-order valence-electron chi connectivity index (χ3n) is 5.37. The first kappa shape index (κ1) is 19.2. The third kappa shape index (κ3) is 3.88. The summed E-state index contributed by atoms with van der Waals surface area (Å²) in [6.45, 7) is 7.82. The predicted octanol–water partition coefficient (Wildman–Crippen LogP) is 4.93. The van der Waals surface area contributed by atoms with Gasteiger partial charge in [-0.1, -0.05) is 24.3 Å². The molecule has 0 amide bonds. The molecule has 2 aliphatic carbocycles. The van der Waals surface area contributed by atoms with Crippen LogP contribution < -0.4 is 9.47 Å². The summed E-state index contributed by atoms with van der Waals surface area (Å²) in [5.41, 5.74) is 4.92. The van der Waals surface area contributed by atoms with E-state index < -0.39 is 11.9 Å². The molecule has 29 heavy (non-hydrogen) atoms. The maximum atomic E-state index is 13.0. The predicted molar refractivity (Wildman–Crippen MR) is 111 cm³/mol. The average molecular weight is 388 g/mol. The molecule has 0 N–H and O–H groups in total. The summed E-state index contributed by atoms with van der Waals surface area (Å²) >= 11 is 0. The largest absolute Gasteiger partial charge is 0.423 e. The van der Waals surface area contributed by atoms with Crippen LogP contribution in [0.2, 0.25) is 0 Å². The van der Waals surface area contributed by atoms with Crippen LogP contribution in [0.3, 0.4) is 0 Å². The number of ether oxygens (including phenoxy) is 2. The van der Waals surface area contributed by atoms with Crippen LogP contribution in [0.1, 0.15) is 28.7 Å². The zero-order valence-corrected chi connectivity index (χ0v) is 17.1. The smallest absolute Gasteiger partial charge is 0.340 e. The SMILES string of the molecule is Cc1cc(C)cc(OC(=O)C2=C(C(=O)Oc3cc(C)cc(C)c3)C3C=CC2C3)c1. The summed E-state index contributed by atoms with van der Waals surface area (Å²) in [4.78, 5) is 26.0. The van der Waals surface area contributed by atoms with Crippen molar-refractivity contribution in [2.75, 3.05) is 0 Å². The minimum Gasteiger partial charge on any atom is -0.423 e. The molecule has 0 saturated heterocycles. The monoisotopic (exact) mass is 388 g/mol. The second-order valence-corrected chi connectivity index (χ2v) is 8.09. The normalized spacial score (nSPS) is 19.6. The number of carbonyl (C=O) groups is 2. The maximum absolute atomic E-state index is 13.0. The molecule has 0 aliphatic heterocycles. The molecule has 0 fully saturated rings. The van der Waals surface area contributed by atoms with Crippen LogP contribution in [0.5, 0.6) is 11.5 Å². The van der Waals surface area contributed by atoms with Gasteiger partial charge in [0, 0.05) is 11.8 Å². The second-order valence-electron chi connectivity index (χ2n) is 8.09. The van der Waals surface area contributed by atoms with E-state index in [1.54, 1.807) is 0 Å². The van der Waals surface area contributed by atoms with E-state index in [1.807, 2.05) is 76.2 Å². The summed E-state index contributed by atoms with van der Waals surface area (Å²) in [5.74, 6) is -0.151. The van der Waals surface area contributed by atoms with Crippen molar-refractivity contribution in [2.45, 2.75) is 34.1 Å². The highest BCUT2D eigenvalue weighted by Crippen LogP contribution is 2.45. The Bertz CT molecular complexity index is 950. The second kappa shape index (κ2) is 7.36. The molecular formula is C25H24O4. The van der Waals surface area contributed by atoms with E-state index in [0.717, 1.165) is 22.3 Å². The van der Waals surface area contributed by atoms with E-state index >= 15 is 0 Å². The lowest BCUT2D eigenvalue weighted by Gasteiger charge is -2.15. The van der Waals surface area contributed by atoms with Crippen molar-refractivity contribution in [1.29, 1.82) is 0 Å². The number of aryl methyl sites for hydroxylation is 4. The molecule has 2 bridgehead atoms. The Labute approximate surface area is 170 Å². The van der Waals surface area contributed by atoms with Gasteiger partial charge in [0.25, 0.3) is 0 Å². The van der Waals surface area contributed by atoms with E-state index in [-0.39, 0.29) is 11.8 Å². The molecule has 4 nitrogen and oxygen atoms in total. The Balaban J connectivity index is 1.62. The average Bonchev–Trinajstić information content (AvgIpc) is 3.21. The molecule has 0 heterocycles. The van der Waals surface area contributed by atoms with Crippen LogP contribution in [-0.4, -0.2) is 11.9 Å². The van der Waals surface area contributed by atoms with E-state index in [0.29, 0.717) is 29.1 Å². The van der Waals surface area contributed by atoms with E-state index in [4.69, 9.17) is 9.47 Å². The van der Waals surface area contributed by atoms with Crippen LogP contribution in [0.15, 0.2) is 59.7 Å². The van der Waals surface area contributed by atoms with Crippen LogP contribution in [-0.2, 0) is 9.59 Å². The van der Waals surface area contributed by atoms with Gasteiger partial charge >= 0.3 is 11.9 Å². The molecule has 2 aromatic rings. The Kier molecular flexibility index (Phi) is 4.87. The molecule has 4 heteroatoms. The first-order chi connectivity index (χ1) is 13.8. The Morgan fingerprint density at radius 1 is 0.655 bits per heavy atom. The van der Waals surface area contributed by atoms with Gasteiger partial charge in [-0.15, -0.1) is 0 Å².